The zero-order chi connectivity index (χ0) is 12.1. The number of hydrogen-bond donors (Lipinski definition) is 1. The quantitative estimate of drug-likeness (QED) is 0.853. The second-order valence-corrected chi connectivity index (χ2v) is 4.85. The first-order valence-corrected chi connectivity index (χ1v) is 6.88. The lowest BCUT2D eigenvalue weighted by molar-refractivity contribution is 0.715. The number of benzene rings is 1. The fraction of sp³-hybridized carbons (Fsp3) is 0.462. The van der Waals surface area contributed by atoms with E-state index in [1.807, 2.05) is 13.1 Å². The molecule has 4 heteroatoms. The first-order valence-electron chi connectivity index (χ1n) is 6.10. The third kappa shape index (κ3) is 2.76. The highest BCUT2D eigenvalue weighted by molar-refractivity contribution is 7.11. The lowest BCUT2D eigenvalue weighted by Crippen LogP contribution is -2.30. The van der Waals surface area contributed by atoms with E-state index in [4.69, 9.17) is 0 Å². The molecule has 0 atom stereocenters. The van der Waals surface area contributed by atoms with E-state index in [0.717, 1.165) is 31.6 Å². The Bertz CT molecular complexity index is 466. The van der Waals surface area contributed by atoms with Gasteiger partial charge in [0.05, 0.1) is 5.52 Å². The van der Waals surface area contributed by atoms with E-state index in [1.165, 1.54) is 10.4 Å². The summed E-state index contributed by atoms with van der Waals surface area (Å²) >= 11 is 1.61. The molecule has 0 aliphatic rings. The van der Waals surface area contributed by atoms with Gasteiger partial charge in [-0.2, -0.15) is 4.37 Å². The van der Waals surface area contributed by atoms with Crippen LogP contribution in [0.4, 0.5) is 5.00 Å². The van der Waals surface area contributed by atoms with Crippen LogP contribution in [0.15, 0.2) is 24.3 Å². The molecule has 0 radical (unpaired) electrons. The molecule has 1 aromatic carbocycles. The molecule has 1 heterocycles. The van der Waals surface area contributed by atoms with E-state index in [2.05, 4.69) is 39.7 Å². The Kier molecular flexibility index (Phi) is 4.34. The predicted octanol–water partition coefficient (Wildman–Crippen LogP) is 2.73. The molecule has 0 spiro atoms. The van der Waals surface area contributed by atoms with Crippen LogP contribution in [0.2, 0.25) is 0 Å². The van der Waals surface area contributed by atoms with Crippen LogP contribution in [0.25, 0.3) is 10.9 Å². The van der Waals surface area contributed by atoms with Gasteiger partial charge in [0.25, 0.3) is 0 Å². The molecule has 0 aliphatic heterocycles. The maximum absolute atomic E-state index is 4.51. The lowest BCUT2D eigenvalue weighted by Gasteiger charge is -2.22. The normalized spacial score (nSPS) is 10.9. The van der Waals surface area contributed by atoms with Crippen LogP contribution in [0.5, 0.6) is 0 Å². The number of fused-ring (bicyclic) bond motifs is 1. The molecule has 2 aromatic rings. The van der Waals surface area contributed by atoms with Crippen molar-refractivity contribution >= 4 is 27.4 Å². The van der Waals surface area contributed by atoms with Gasteiger partial charge in [-0.3, -0.25) is 0 Å². The summed E-state index contributed by atoms with van der Waals surface area (Å²) in [7, 11) is 1.99. The van der Waals surface area contributed by atoms with Crippen LogP contribution in [0, 0.1) is 0 Å². The lowest BCUT2D eigenvalue weighted by atomic mass is 10.2. The van der Waals surface area contributed by atoms with Gasteiger partial charge in [0.1, 0.15) is 5.00 Å². The molecule has 92 valence electrons. The molecule has 0 fully saturated rings. The van der Waals surface area contributed by atoms with Crippen molar-refractivity contribution < 1.29 is 0 Å². The zero-order valence-electron chi connectivity index (χ0n) is 10.4. The Labute approximate surface area is 107 Å². The number of nitrogens with zero attached hydrogens (tertiary/aromatic N) is 2. The van der Waals surface area contributed by atoms with Crippen LogP contribution in [0.3, 0.4) is 0 Å². The summed E-state index contributed by atoms with van der Waals surface area (Å²) in [6.45, 7) is 5.35. The van der Waals surface area contributed by atoms with E-state index >= 15 is 0 Å². The minimum Gasteiger partial charge on any atom is -0.360 e. The van der Waals surface area contributed by atoms with Crippen molar-refractivity contribution in [3.05, 3.63) is 24.3 Å². The van der Waals surface area contributed by atoms with Crippen molar-refractivity contribution in [3.63, 3.8) is 0 Å². The van der Waals surface area contributed by atoms with Gasteiger partial charge < -0.3 is 10.2 Å². The second-order valence-electron chi connectivity index (χ2n) is 4.10. The first-order chi connectivity index (χ1) is 8.36. The van der Waals surface area contributed by atoms with Crippen LogP contribution < -0.4 is 10.2 Å². The first kappa shape index (κ1) is 12.3. The molecule has 0 saturated carbocycles. The monoisotopic (exact) mass is 249 g/mol. The average Bonchev–Trinajstić information content (AvgIpc) is 2.78. The van der Waals surface area contributed by atoms with Crippen molar-refractivity contribution in [1.82, 2.24) is 9.69 Å². The number of anilines is 1. The summed E-state index contributed by atoms with van der Waals surface area (Å²) in [5, 5.41) is 5.79. The molecule has 0 saturated heterocycles. The highest BCUT2D eigenvalue weighted by atomic mass is 32.1. The van der Waals surface area contributed by atoms with Crippen LogP contribution >= 0.6 is 11.5 Å². The molecule has 1 aromatic heterocycles. The molecular formula is C13H19N3S. The minimum atomic E-state index is 1.01. The van der Waals surface area contributed by atoms with Gasteiger partial charge in [-0.05, 0) is 37.1 Å². The van der Waals surface area contributed by atoms with Crippen LogP contribution in [-0.2, 0) is 0 Å². The summed E-state index contributed by atoms with van der Waals surface area (Å²) < 4.78 is 4.51. The van der Waals surface area contributed by atoms with Gasteiger partial charge in [0.15, 0.2) is 0 Å². The topological polar surface area (TPSA) is 28.2 Å². The Balaban J connectivity index is 2.27. The zero-order valence-corrected chi connectivity index (χ0v) is 11.3. The number of hydrogen-bond acceptors (Lipinski definition) is 4. The molecule has 3 nitrogen and oxygen atoms in total. The summed E-state index contributed by atoms with van der Waals surface area (Å²) in [4.78, 5) is 2.43. The SMILES string of the molecule is CCCN(CCNC)c1snc2ccccc12. The third-order valence-electron chi connectivity index (χ3n) is 2.78. The van der Waals surface area contributed by atoms with Crippen LogP contribution in [0.1, 0.15) is 13.3 Å². The van der Waals surface area contributed by atoms with E-state index in [9.17, 15) is 0 Å². The van der Waals surface area contributed by atoms with Gasteiger partial charge in [0.2, 0.25) is 0 Å². The standard InChI is InChI=1S/C13H19N3S/c1-3-9-16(10-8-14-2)13-11-6-4-5-7-12(11)15-17-13/h4-7,14H,3,8-10H2,1-2H3. The Hall–Kier alpha value is -1.13. The van der Waals surface area contributed by atoms with Gasteiger partial charge in [-0.1, -0.05) is 19.1 Å². The number of nitrogens with one attached hydrogen (secondary N) is 1. The van der Waals surface area contributed by atoms with Gasteiger partial charge in [0, 0.05) is 25.0 Å². The summed E-state index contributed by atoms with van der Waals surface area (Å²) in [6.07, 6.45) is 1.16. The molecular weight excluding hydrogens is 230 g/mol. The predicted molar refractivity (Wildman–Crippen MR) is 76.1 cm³/mol. The Morgan fingerprint density at radius 2 is 2.12 bits per heavy atom. The number of rotatable bonds is 6. The van der Waals surface area contributed by atoms with Crippen molar-refractivity contribution in [2.75, 3.05) is 31.6 Å². The number of aromatic nitrogens is 1. The highest BCUT2D eigenvalue weighted by Crippen LogP contribution is 2.30. The maximum Gasteiger partial charge on any atom is 0.120 e. The molecule has 0 aliphatic carbocycles. The molecule has 2 rings (SSSR count). The van der Waals surface area contributed by atoms with Gasteiger partial charge in [-0.25, -0.2) is 0 Å². The fourth-order valence-corrected chi connectivity index (χ4v) is 2.85. The summed E-state index contributed by atoms with van der Waals surface area (Å²) in [6, 6.07) is 8.37. The summed E-state index contributed by atoms with van der Waals surface area (Å²) in [5.41, 5.74) is 1.11. The van der Waals surface area contributed by atoms with Gasteiger partial charge >= 0.3 is 0 Å². The Morgan fingerprint density at radius 1 is 1.29 bits per heavy atom. The van der Waals surface area contributed by atoms with E-state index in [-0.39, 0.29) is 0 Å². The molecule has 17 heavy (non-hydrogen) atoms. The molecule has 0 unspecified atom stereocenters. The van der Waals surface area contributed by atoms with Crippen molar-refractivity contribution in [2.24, 2.45) is 0 Å². The Morgan fingerprint density at radius 3 is 2.88 bits per heavy atom. The molecule has 1 N–H and O–H groups in total. The average molecular weight is 249 g/mol. The maximum atomic E-state index is 4.51. The smallest absolute Gasteiger partial charge is 0.120 e. The second kappa shape index (κ2) is 5.98. The molecule has 0 bridgehead atoms. The van der Waals surface area contributed by atoms with E-state index in [0.29, 0.717) is 0 Å². The van der Waals surface area contributed by atoms with Crippen molar-refractivity contribution in [2.45, 2.75) is 13.3 Å². The fourth-order valence-electron chi connectivity index (χ4n) is 1.94. The van der Waals surface area contributed by atoms with Crippen molar-refractivity contribution in [1.29, 1.82) is 0 Å². The van der Waals surface area contributed by atoms with E-state index < -0.39 is 0 Å². The van der Waals surface area contributed by atoms with Crippen LogP contribution in [-0.4, -0.2) is 31.1 Å². The largest absolute Gasteiger partial charge is 0.360 e. The number of likely N-dealkylation sites (N-methyl/N-ethyl adjacent to an activating group) is 1. The third-order valence-corrected chi connectivity index (χ3v) is 3.72. The van der Waals surface area contributed by atoms with Crippen molar-refractivity contribution in [3.8, 4) is 0 Å². The van der Waals surface area contributed by atoms with E-state index in [1.54, 1.807) is 11.5 Å². The minimum absolute atomic E-state index is 1.01. The highest BCUT2D eigenvalue weighted by Gasteiger charge is 2.12. The molecule has 0 amide bonds. The van der Waals surface area contributed by atoms with Gasteiger partial charge in [-0.15, -0.1) is 0 Å². The summed E-state index contributed by atoms with van der Waals surface area (Å²) in [5.74, 6) is 0.